The number of rotatable bonds is 5. The summed E-state index contributed by atoms with van der Waals surface area (Å²) in [6, 6.07) is 9.66. The highest BCUT2D eigenvalue weighted by Gasteiger charge is 2.33. The van der Waals surface area contributed by atoms with E-state index in [1.165, 1.54) is 0 Å². The maximum atomic E-state index is 12.6. The maximum Gasteiger partial charge on any atom is 0.306 e. The van der Waals surface area contributed by atoms with Gasteiger partial charge in [0.2, 0.25) is 5.91 Å². The monoisotopic (exact) mass is 356 g/mol. The Kier molecular flexibility index (Phi) is 5.06. The van der Waals surface area contributed by atoms with Crippen LogP contribution in [0.3, 0.4) is 0 Å². The number of para-hydroxylation sites is 1. The number of amides is 1. The fraction of sp³-hybridized carbons (Fsp3) is 0.474. The number of carboxylic acid groups (broad SMARTS) is 1. The molecule has 1 fully saturated rings. The molecule has 2 aromatic rings. The van der Waals surface area contributed by atoms with Gasteiger partial charge in [0.25, 0.3) is 0 Å². The van der Waals surface area contributed by atoms with Gasteiger partial charge in [0.05, 0.1) is 23.3 Å². The normalized spacial score (nSPS) is 20.5. The Morgan fingerprint density at radius 2 is 1.73 bits per heavy atom. The van der Waals surface area contributed by atoms with Gasteiger partial charge in [-0.2, -0.15) is 0 Å². The highest BCUT2D eigenvalue weighted by molar-refractivity contribution is 5.80. The zero-order valence-electron chi connectivity index (χ0n) is 15.1. The Morgan fingerprint density at radius 1 is 1.12 bits per heavy atom. The molecule has 0 aliphatic heterocycles. The van der Waals surface area contributed by atoms with E-state index in [4.69, 9.17) is 5.11 Å². The van der Waals surface area contributed by atoms with Crippen molar-refractivity contribution in [2.75, 3.05) is 0 Å². The van der Waals surface area contributed by atoms with Crippen molar-refractivity contribution in [2.45, 2.75) is 45.1 Å². The van der Waals surface area contributed by atoms with Crippen LogP contribution in [0.25, 0.3) is 5.69 Å². The number of hydrogen-bond acceptors (Lipinski definition) is 4. The standard InChI is InChI=1S/C19H24N4O3/c1-19(2,16-12-23(22-21-16)15-6-4-3-5-7-15)20-17(24)13-8-10-14(11-9-13)18(25)26/h3-7,12-14H,8-11H2,1-2H3,(H,20,24)(H,25,26). The van der Waals surface area contributed by atoms with Gasteiger partial charge in [-0.3, -0.25) is 9.59 Å². The third-order valence-corrected chi connectivity index (χ3v) is 5.04. The molecule has 1 aliphatic carbocycles. The van der Waals surface area contributed by atoms with E-state index in [0.717, 1.165) is 5.69 Å². The Bertz CT molecular complexity index is 777. The molecular formula is C19H24N4O3. The van der Waals surface area contributed by atoms with E-state index in [1.54, 1.807) is 4.68 Å². The molecule has 0 radical (unpaired) electrons. The average molecular weight is 356 g/mol. The molecule has 0 bridgehead atoms. The van der Waals surface area contributed by atoms with Crippen molar-refractivity contribution in [3.05, 3.63) is 42.2 Å². The van der Waals surface area contributed by atoms with E-state index in [9.17, 15) is 9.59 Å². The van der Waals surface area contributed by atoms with Crippen molar-refractivity contribution in [3.8, 4) is 5.69 Å². The molecule has 2 N–H and O–H groups in total. The maximum absolute atomic E-state index is 12.6. The summed E-state index contributed by atoms with van der Waals surface area (Å²) in [5.41, 5.74) is 0.919. The summed E-state index contributed by atoms with van der Waals surface area (Å²) < 4.78 is 1.68. The molecule has 1 amide bonds. The van der Waals surface area contributed by atoms with Gasteiger partial charge in [0.1, 0.15) is 5.69 Å². The number of hydrogen-bond donors (Lipinski definition) is 2. The average Bonchev–Trinajstić information content (AvgIpc) is 3.13. The van der Waals surface area contributed by atoms with Crippen LogP contribution in [0.2, 0.25) is 0 Å². The summed E-state index contributed by atoms with van der Waals surface area (Å²) in [7, 11) is 0. The Hall–Kier alpha value is -2.70. The predicted molar refractivity (Wildman–Crippen MR) is 95.6 cm³/mol. The summed E-state index contributed by atoms with van der Waals surface area (Å²) in [5, 5.41) is 20.5. The first-order valence-corrected chi connectivity index (χ1v) is 8.90. The molecule has 0 unspecified atom stereocenters. The van der Waals surface area contributed by atoms with E-state index < -0.39 is 11.5 Å². The fourth-order valence-corrected chi connectivity index (χ4v) is 3.33. The van der Waals surface area contributed by atoms with Crippen molar-refractivity contribution in [3.63, 3.8) is 0 Å². The van der Waals surface area contributed by atoms with Crippen molar-refractivity contribution in [1.82, 2.24) is 20.3 Å². The molecule has 138 valence electrons. The van der Waals surface area contributed by atoms with Crippen molar-refractivity contribution in [2.24, 2.45) is 11.8 Å². The molecule has 1 saturated carbocycles. The van der Waals surface area contributed by atoms with Crippen LogP contribution >= 0.6 is 0 Å². The van der Waals surface area contributed by atoms with Crippen LogP contribution < -0.4 is 5.32 Å². The van der Waals surface area contributed by atoms with Gasteiger partial charge in [-0.15, -0.1) is 5.10 Å². The van der Waals surface area contributed by atoms with Gasteiger partial charge in [-0.25, -0.2) is 4.68 Å². The van der Waals surface area contributed by atoms with E-state index in [2.05, 4.69) is 15.6 Å². The minimum atomic E-state index is -0.762. The lowest BCUT2D eigenvalue weighted by Gasteiger charge is -2.30. The molecular weight excluding hydrogens is 332 g/mol. The Balaban J connectivity index is 1.65. The SMILES string of the molecule is CC(C)(NC(=O)C1CCC(C(=O)O)CC1)c1cn(-c2ccccc2)nn1. The molecule has 1 aromatic heterocycles. The first kappa shape index (κ1) is 18.1. The molecule has 1 aliphatic rings. The third kappa shape index (κ3) is 3.92. The molecule has 0 atom stereocenters. The van der Waals surface area contributed by atoms with Crippen LogP contribution in [0, 0.1) is 11.8 Å². The van der Waals surface area contributed by atoms with Gasteiger partial charge in [0.15, 0.2) is 0 Å². The molecule has 1 heterocycles. The predicted octanol–water partition coefficient (Wildman–Crippen LogP) is 2.51. The number of nitrogens with one attached hydrogen (secondary N) is 1. The quantitative estimate of drug-likeness (QED) is 0.858. The van der Waals surface area contributed by atoms with Crippen LogP contribution in [0.15, 0.2) is 36.5 Å². The number of carbonyl (C=O) groups is 2. The summed E-state index contributed by atoms with van der Waals surface area (Å²) in [6.45, 7) is 3.79. The second-order valence-corrected chi connectivity index (χ2v) is 7.38. The van der Waals surface area contributed by atoms with Crippen molar-refractivity contribution >= 4 is 11.9 Å². The second-order valence-electron chi connectivity index (χ2n) is 7.38. The first-order chi connectivity index (χ1) is 12.4. The van der Waals surface area contributed by atoms with Crippen LogP contribution in [-0.4, -0.2) is 32.0 Å². The fourth-order valence-electron chi connectivity index (χ4n) is 3.33. The van der Waals surface area contributed by atoms with Gasteiger partial charge < -0.3 is 10.4 Å². The number of carbonyl (C=O) groups excluding carboxylic acids is 1. The summed E-state index contributed by atoms with van der Waals surface area (Å²) in [4.78, 5) is 23.7. The summed E-state index contributed by atoms with van der Waals surface area (Å²) >= 11 is 0. The topological polar surface area (TPSA) is 97.1 Å². The van der Waals surface area contributed by atoms with E-state index in [0.29, 0.717) is 31.4 Å². The highest BCUT2D eigenvalue weighted by Crippen LogP contribution is 2.30. The van der Waals surface area contributed by atoms with Crippen molar-refractivity contribution in [1.29, 1.82) is 0 Å². The first-order valence-electron chi connectivity index (χ1n) is 8.90. The van der Waals surface area contributed by atoms with E-state index in [1.807, 2.05) is 50.4 Å². The second kappa shape index (κ2) is 7.27. The lowest BCUT2D eigenvalue weighted by molar-refractivity contribution is -0.144. The summed E-state index contributed by atoms with van der Waals surface area (Å²) in [6.07, 6.45) is 4.14. The molecule has 7 nitrogen and oxygen atoms in total. The molecule has 7 heteroatoms. The zero-order valence-corrected chi connectivity index (χ0v) is 15.1. The van der Waals surface area contributed by atoms with E-state index in [-0.39, 0.29) is 17.7 Å². The third-order valence-electron chi connectivity index (χ3n) is 5.04. The molecule has 3 rings (SSSR count). The minimum absolute atomic E-state index is 0.0481. The Labute approximate surface area is 152 Å². The summed E-state index contributed by atoms with van der Waals surface area (Å²) in [5.74, 6) is -1.28. The van der Waals surface area contributed by atoms with Gasteiger partial charge >= 0.3 is 5.97 Å². The van der Waals surface area contributed by atoms with Crippen molar-refractivity contribution < 1.29 is 14.7 Å². The van der Waals surface area contributed by atoms with Gasteiger partial charge in [-0.05, 0) is 51.7 Å². The molecule has 26 heavy (non-hydrogen) atoms. The molecule has 1 aromatic carbocycles. The number of aromatic nitrogens is 3. The smallest absolute Gasteiger partial charge is 0.306 e. The minimum Gasteiger partial charge on any atom is -0.481 e. The van der Waals surface area contributed by atoms with Crippen LogP contribution in [0.1, 0.15) is 45.2 Å². The largest absolute Gasteiger partial charge is 0.481 e. The number of carboxylic acids is 1. The lowest BCUT2D eigenvalue weighted by atomic mass is 9.81. The number of aliphatic carboxylic acids is 1. The van der Waals surface area contributed by atoms with Crippen LogP contribution in [0.5, 0.6) is 0 Å². The number of benzene rings is 1. The van der Waals surface area contributed by atoms with Gasteiger partial charge in [-0.1, -0.05) is 23.4 Å². The molecule has 0 saturated heterocycles. The number of nitrogens with zero attached hydrogens (tertiary/aromatic N) is 3. The van der Waals surface area contributed by atoms with E-state index >= 15 is 0 Å². The zero-order chi connectivity index (χ0) is 18.7. The lowest BCUT2D eigenvalue weighted by Crippen LogP contribution is -2.45. The van der Waals surface area contributed by atoms with Crippen LogP contribution in [-0.2, 0) is 15.1 Å². The Morgan fingerprint density at radius 3 is 2.35 bits per heavy atom. The molecule has 0 spiro atoms. The van der Waals surface area contributed by atoms with Gasteiger partial charge in [0, 0.05) is 5.92 Å². The van der Waals surface area contributed by atoms with Crippen LogP contribution in [0.4, 0.5) is 0 Å². The highest BCUT2D eigenvalue weighted by atomic mass is 16.4.